The first-order valence-electron chi connectivity index (χ1n) is 17.9. The Bertz CT molecular complexity index is 3100. The van der Waals surface area contributed by atoms with Gasteiger partial charge in [-0.25, -0.2) is 15.0 Å². The van der Waals surface area contributed by atoms with Gasteiger partial charge in [-0.3, -0.25) is 0 Å². The number of nitrogens with zero attached hydrogens (tertiary/aromatic N) is 3. The van der Waals surface area contributed by atoms with E-state index in [0.717, 1.165) is 71.7 Å². The fraction of sp³-hybridized carbons (Fsp3) is 0.0625. The molecule has 10 aromatic rings. The summed E-state index contributed by atoms with van der Waals surface area (Å²) in [6.07, 6.45) is 0. The Hall–Kier alpha value is -6.85. The van der Waals surface area contributed by atoms with Gasteiger partial charge in [-0.2, -0.15) is 0 Å². The number of aromatic nitrogens is 3. The van der Waals surface area contributed by atoms with Crippen molar-refractivity contribution in [3.63, 3.8) is 0 Å². The minimum atomic E-state index is -0.143. The molecule has 53 heavy (non-hydrogen) atoms. The van der Waals surface area contributed by atoms with E-state index in [1.165, 1.54) is 22.3 Å². The van der Waals surface area contributed by atoms with Gasteiger partial charge in [-0.1, -0.05) is 123 Å². The molecule has 0 saturated carbocycles. The topological polar surface area (TPSA) is 65.0 Å². The summed E-state index contributed by atoms with van der Waals surface area (Å²) in [4.78, 5) is 15.3. The summed E-state index contributed by atoms with van der Waals surface area (Å²) in [6.45, 7) is 4.64. The average Bonchev–Trinajstić information content (AvgIpc) is 3.84. The Morgan fingerprint density at radius 3 is 1.83 bits per heavy atom. The molecule has 1 aliphatic rings. The molecule has 0 atom stereocenters. The number of hydrogen-bond acceptors (Lipinski definition) is 5. The van der Waals surface area contributed by atoms with Crippen molar-refractivity contribution in [3.05, 3.63) is 163 Å². The van der Waals surface area contributed by atoms with E-state index in [4.69, 9.17) is 23.8 Å². The summed E-state index contributed by atoms with van der Waals surface area (Å²) in [6, 6.07) is 52.5. The van der Waals surface area contributed by atoms with E-state index in [-0.39, 0.29) is 5.41 Å². The second kappa shape index (κ2) is 11.1. The summed E-state index contributed by atoms with van der Waals surface area (Å²) in [5.41, 5.74) is 13.4. The summed E-state index contributed by atoms with van der Waals surface area (Å²) < 4.78 is 12.6. The third-order valence-electron chi connectivity index (χ3n) is 10.9. The number of fused-ring (bicyclic) bond motifs is 9. The van der Waals surface area contributed by atoms with Crippen molar-refractivity contribution >= 4 is 43.9 Å². The summed E-state index contributed by atoms with van der Waals surface area (Å²) >= 11 is 0. The van der Waals surface area contributed by atoms with Crippen LogP contribution < -0.4 is 0 Å². The van der Waals surface area contributed by atoms with Crippen LogP contribution in [0.5, 0.6) is 0 Å². The lowest BCUT2D eigenvalue weighted by Crippen LogP contribution is -2.14. The van der Waals surface area contributed by atoms with Gasteiger partial charge in [0.2, 0.25) is 0 Å². The smallest absolute Gasteiger partial charge is 0.164 e. The Kier molecular flexibility index (Phi) is 6.23. The fourth-order valence-electron chi connectivity index (χ4n) is 8.29. The number of benzene rings is 7. The number of hydrogen-bond donors (Lipinski definition) is 0. The molecule has 7 aromatic carbocycles. The van der Waals surface area contributed by atoms with Gasteiger partial charge < -0.3 is 8.83 Å². The Balaban J connectivity index is 1.06. The van der Waals surface area contributed by atoms with E-state index in [1.807, 2.05) is 72.8 Å². The van der Waals surface area contributed by atoms with Crippen molar-refractivity contribution in [2.75, 3.05) is 0 Å². The zero-order valence-corrected chi connectivity index (χ0v) is 29.1. The number of rotatable bonds is 4. The zero-order chi connectivity index (χ0) is 35.3. The van der Waals surface area contributed by atoms with Gasteiger partial charge in [-0.15, -0.1) is 0 Å². The summed E-state index contributed by atoms with van der Waals surface area (Å²) in [5.74, 6) is 1.83. The normalized spacial score (nSPS) is 13.2. The van der Waals surface area contributed by atoms with Gasteiger partial charge in [0.1, 0.15) is 22.3 Å². The zero-order valence-electron chi connectivity index (χ0n) is 29.1. The van der Waals surface area contributed by atoms with E-state index < -0.39 is 0 Å². The first kappa shape index (κ1) is 29.8. The lowest BCUT2D eigenvalue weighted by Gasteiger charge is -2.21. The molecular weight excluding hydrogens is 651 g/mol. The van der Waals surface area contributed by atoms with Crippen molar-refractivity contribution in [1.29, 1.82) is 0 Å². The number of para-hydroxylation sites is 2. The molecule has 0 fully saturated rings. The average molecular weight is 682 g/mol. The van der Waals surface area contributed by atoms with Gasteiger partial charge in [0, 0.05) is 43.7 Å². The SMILES string of the molecule is CC1(C)c2ccc(-c3cccc(-c4nc(-c5ccccc5)nc(-c5cccc6oc7ccccc7c56)n4)c3)cc2-c2cc3oc4ccccc4c3cc21. The van der Waals surface area contributed by atoms with Crippen LogP contribution in [0.15, 0.2) is 160 Å². The third-order valence-corrected chi connectivity index (χ3v) is 10.9. The Morgan fingerprint density at radius 2 is 0.981 bits per heavy atom. The van der Waals surface area contributed by atoms with Gasteiger partial charge in [0.05, 0.1) is 0 Å². The second-order valence-corrected chi connectivity index (χ2v) is 14.4. The van der Waals surface area contributed by atoms with E-state index in [1.54, 1.807) is 0 Å². The molecule has 0 unspecified atom stereocenters. The molecule has 0 spiro atoms. The van der Waals surface area contributed by atoms with Crippen LogP contribution in [0.3, 0.4) is 0 Å². The number of furan rings is 2. The first-order chi connectivity index (χ1) is 26.0. The molecule has 0 aliphatic heterocycles. The van der Waals surface area contributed by atoms with E-state index in [9.17, 15) is 0 Å². The quantitative estimate of drug-likeness (QED) is 0.185. The fourth-order valence-corrected chi connectivity index (χ4v) is 8.29. The van der Waals surface area contributed by atoms with E-state index in [2.05, 4.69) is 92.7 Å². The second-order valence-electron chi connectivity index (χ2n) is 14.4. The van der Waals surface area contributed by atoms with Crippen molar-refractivity contribution < 1.29 is 8.83 Å². The highest BCUT2D eigenvalue weighted by atomic mass is 16.3. The van der Waals surface area contributed by atoms with Crippen LogP contribution in [-0.4, -0.2) is 15.0 Å². The highest BCUT2D eigenvalue weighted by molar-refractivity contribution is 6.12. The van der Waals surface area contributed by atoms with E-state index >= 15 is 0 Å². The van der Waals surface area contributed by atoms with Crippen LogP contribution >= 0.6 is 0 Å². The van der Waals surface area contributed by atoms with Crippen molar-refractivity contribution in [3.8, 4) is 56.4 Å². The monoisotopic (exact) mass is 681 g/mol. The minimum Gasteiger partial charge on any atom is -0.456 e. The molecule has 3 aromatic heterocycles. The van der Waals surface area contributed by atoms with Crippen LogP contribution in [0.1, 0.15) is 25.0 Å². The maximum absolute atomic E-state index is 6.34. The molecule has 0 radical (unpaired) electrons. The van der Waals surface area contributed by atoms with Crippen molar-refractivity contribution in [2.45, 2.75) is 19.3 Å². The maximum atomic E-state index is 6.34. The van der Waals surface area contributed by atoms with Crippen LogP contribution in [-0.2, 0) is 5.41 Å². The van der Waals surface area contributed by atoms with Crippen LogP contribution in [0.4, 0.5) is 0 Å². The van der Waals surface area contributed by atoms with Crippen molar-refractivity contribution in [2.24, 2.45) is 0 Å². The van der Waals surface area contributed by atoms with Gasteiger partial charge >= 0.3 is 0 Å². The standard InChI is InChI=1S/C48H31N3O2/c1-48(2)38-23-22-30(25-35(38)36-27-43-37(26-39(36)48)32-16-6-8-19-40(32)53-43)29-14-10-15-31(24-29)46-49-45(28-12-4-3-5-13-28)50-47(51-46)34-18-11-21-42-44(34)33-17-7-9-20-41(33)52-42/h3-27H,1-2H3. The summed E-state index contributed by atoms with van der Waals surface area (Å²) in [5, 5.41) is 4.35. The molecule has 0 amide bonds. The molecule has 250 valence electrons. The van der Waals surface area contributed by atoms with Gasteiger partial charge in [-0.05, 0) is 75.8 Å². The lowest BCUT2D eigenvalue weighted by atomic mass is 9.81. The maximum Gasteiger partial charge on any atom is 0.164 e. The Labute approximate surface area is 305 Å². The predicted octanol–water partition coefficient (Wildman–Crippen LogP) is 12.6. The predicted molar refractivity (Wildman–Crippen MR) is 214 cm³/mol. The Morgan fingerprint density at radius 1 is 0.377 bits per heavy atom. The van der Waals surface area contributed by atoms with Crippen LogP contribution in [0, 0.1) is 0 Å². The molecule has 0 N–H and O–H groups in total. The molecule has 3 heterocycles. The molecular formula is C48H31N3O2. The molecule has 0 saturated heterocycles. The molecule has 11 rings (SSSR count). The minimum absolute atomic E-state index is 0.143. The largest absolute Gasteiger partial charge is 0.456 e. The highest BCUT2D eigenvalue weighted by Gasteiger charge is 2.36. The molecule has 5 nitrogen and oxygen atoms in total. The van der Waals surface area contributed by atoms with Crippen LogP contribution in [0.25, 0.3) is 100 Å². The van der Waals surface area contributed by atoms with Crippen molar-refractivity contribution in [1.82, 2.24) is 15.0 Å². The lowest BCUT2D eigenvalue weighted by molar-refractivity contribution is 0.658. The molecule has 1 aliphatic carbocycles. The third kappa shape index (κ3) is 4.54. The van der Waals surface area contributed by atoms with Gasteiger partial charge in [0.25, 0.3) is 0 Å². The van der Waals surface area contributed by atoms with Crippen LogP contribution in [0.2, 0.25) is 0 Å². The van der Waals surface area contributed by atoms with Gasteiger partial charge in [0.15, 0.2) is 17.5 Å². The molecule has 5 heteroatoms. The molecule has 0 bridgehead atoms. The first-order valence-corrected chi connectivity index (χ1v) is 17.9. The highest BCUT2D eigenvalue weighted by Crippen LogP contribution is 2.51. The van der Waals surface area contributed by atoms with E-state index in [0.29, 0.717) is 17.5 Å². The summed E-state index contributed by atoms with van der Waals surface area (Å²) in [7, 11) is 0.